The van der Waals surface area contributed by atoms with E-state index in [1.807, 2.05) is 33.7 Å². The van der Waals surface area contributed by atoms with E-state index in [1.54, 1.807) is 12.1 Å². The van der Waals surface area contributed by atoms with Crippen molar-refractivity contribution in [1.29, 1.82) is 0 Å². The minimum Gasteiger partial charge on any atom is -0.493 e. The van der Waals surface area contributed by atoms with Crippen molar-refractivity contribution in [2.24, 2.45) is 0 Å². The Kier molecular flexibility index (Phi) is 5.64. The maximum atomic E-state index is 13.1. The van der Waals surface area contributed by atoms with Gasteiger partial charge in [-0.15, -0.1) is 0 Å². The molecule has 0 radical (unpaired) electrons. The van der Waals surface area contributed by atoms with Crippen molar-refractivity contribution < 1.29 is 13.9 Å². The molecule has 1 saturated heterocycles. The van der Waals surface area contributed by atoms with Gasteiger partial charge < -0.3 is 14.6 Å². The summed E-state index contributed by atoms with van der Waals surface area (Å²) in [6, 6.07) is 13.8. The first-order valence-corrected chi connectivity index (χ1v) is 9.97. The molecule has 0 unspecified atom stereocenters. The lowest BCUT2D eigenvalue weighted by atomic mass is 10.0. The quantitative estimate of drug-likeness (QED) is 0.648. The molecule has 1 amide bonds. The van der Waals surface area contributed by atoms with Gasteiger partial charge in [0.1, 0.15) is 11.6 Å². The molecular formula is C22H24FN3O3. The molecule has 1 aliphatic rings. The van der Waals surface area contributed by atoms with Crippen LogP contribution in [0.3, 0.4) is 0 Å². The van der Waals surface area contributed by atoms with Crippen LogP contribution in [0.1, 0.15) is 31.7 Å². The number of nitrogens with zero attached hydrogens (tertiary/aromatic N) is 2. The van der Waals surface area contributed by atoms with Gasteiger partial charge >= 0.3 is 5.69 Å². The highest BCUT2D eigenvalue weighted by atomic mass is 19.1. The first-order chi connectivity index (χ1) is 14.1. The first kappa shape index (κ1) is 19.2. The largest absolute Gasteiger partial charge is 0.493 e. The van der Waals surface area contributed by atoms with E-state index in [0.717, 1.165) is 23.9 Å². The number of carbonyl (C=O) groups is 1. The van der Waals surface area contributed by atoms with E-state index < -0.39 is 0 Å². The number of aromatic nitrogens is 2. The summed E-state index contributed by atoms with van der Waals surface area (Å²) in [5.41, 5.74) is 1.66. The Morgan fingerprint density at radius 1 is 1.14 bits per heavy atom. The third-order valence-corrected chi connectivity index (χ3v) is 5.41. The van der Waals surface area contributed by atoms with Crippen LogP contribution < -0.4 is 10.4 Å². The normalized spacial score (nSPS) is 15.0. The maximum absolute atomic E-state index is 13.1. The number of amides is 1. The van der Waals surface area contributed by atoms with Gasteiger partial charge in [0, 0.05) is 31.6 Å². The number of piperidine rings is 1. The lowest BCUT2D eigenvalue weighted by molar-refractivity contribution is -0.132. The lowest BCUT2D eigenvalue weighted by Gasteiger charge is -2.32. The minimum atomic E-state index is -0.337. The average Bonchev–Trinajstić information content (AvgIpc) is 3.07. The molecule has 4 rings (SSSR count). The lowest BCUT2D eigenvalue weighted by Crippen LogP contribution is -2.40. The van der Waals surface area contributed by atoms with Gasteiger partial charge in [0.05, 0.1) is 17.6 Å². The number of ether oxygens (including phenoxy) is 1. The summed E-state index contributed by atoms with van der Waals surface area (Å²) < 4.78 is 20.4. The van der Waals surface area contributed by atoms with Gasteiger partial charge in [0.2, 0.25) is 5.91 Å². The molecule has 0 spiro atoms. The Balaban J connectivity index is 1.26. The smallest absolute Gasteiger partial charge is 0.326 e. The van der Waals surface area contributed by atoms with Crippen molar-refractivity contribution in [3.8, 4) is 5.75 Å². The molecule has 1 fully saturated rings. The fourth-order valence-electron chi connectivity index (χ4n) is 3.94. The summed E-state index contributed by atoms with van der Waals surface area (Å²) in [5.74, 6) is 0.232. The predicted octanol–water partition coefficient (Wildman–Crippen LogP) is 3.49. The van der Waals surface area contributed by atoms with Crippen molar-refractivity contribution in [2.75, 3.05) is 19.7 Å². The highest BCUT2D eigenvalue weighted by molar-refractivity contribution is 5.76. The third-order valence-electron chi connectivity index (χ3n) is 5.41. The number of nitrogens with one attached hydrogen (secondary N) is 1. The highest BCUT2D eigenvalue weighted by Gasteiger charge is 2.25. The Bertz CT molecular complexity index is 1050. The van der Waals surface area contributed by atoms with Crippen molar-refractivity contribution in [1.82, 2.24) is 14.5 Å². The molecule has 0 aliphatic carbocycles. The van der Waals surface area contributed by atoms with E-state index in [1.165, 1.54) is 12.1 Å². The molecule has 6 nitrogen and oxygen atoms in total. The van der Waals surface area contributed by atoms with Crippen molar-refractivity contribution in [2.45, 2.75) is 31.7 Å². The SMILES string of the molecule is O=C(CCCOc1cccc(F)c1)N1CCC(n2c(=O)[nH]c3ccccc32)CC1. The molecule has 1 aromatic heterocycles. The second-order valence-electron chi connectivity index (χ2n) is 7.34. The molecule has 152 valence electrons. The van der Waals surface area contributed by atoms with Crippen LogP contribution in [-0.2, 0) is 4.79 Å². The van der Waals surface area contributed by atoms with Gasteiger partial charge in [0.25, 0.3) is 0 Å². The number of benzene rings is 2. The van der Waals surface area contributed by atoms with E-state index in [2.05, 4.69) is 4.98 Å². The number of hydrogen-bond acceptors (Lipinski definition) is 3. The number of halogens is 1. The fourth-order valence-corrected chi connectivity index (χ4v) is 3.94. The van der Waals surface area contributed by atoms with Crippen LogP contribution in [0.25, 0.3) is 11.0 Å². The summed E-state index contributed by atoms with van der Waals surface area (Å²) in [4.78, 5) is 29.6. The maximum Gasteiger partial charge on any atom is 0.326 e. The Labute approximate surface area is 167 Å². The van der Waals surface area contributed by atoms with Crippen LogP contribution in [0.15, 0.2) is 53.3 Å². The van der Waals surface area contributed by atoms with Gasteiger partial charge in [0.15, 0.2) is 0 Å². The number of likely N-dealkylation sites (tertiary alicyclic amines) is 1. The van der Waals surface area contributed by atoms with Crippen molar-refractivity contribution in [3.05, 3.63) is 64.8 Å². The molecule has 2 aromatic carbocycles. The summed E-state index contributed by atoms with van der Waals surface area (Å²) in [6.07, 6.45) is 2.49. The van der Waals surface area contributed by atoms with Crippen molar-refractivity contribution >= 4 is 16.9 Å². The summed E-state index contributed by atoms with van der Waals surface area (Å²) in [6.45, 7) is 1.65. The number of para-hydroxylation sites is 2. The van der Waals surface area contributed by atoms with Gasteiger partial charge in [-0.3, -0.25) is 9.36 Å². The zero-order valence-corrected chi connectivity index (χ0v) is 16.1. The predicted molar refractivity (Wildman–Crippen MR) is 109 cm³/mol. The topological polar surface area (TPSA) is 67.3 Å². The van der Waals surface area contributed by atoms with Crippen LogP contribution in [0.4, 0.5) is 4.39 Å². The van der Waals surface area contributed by atoms with Crippen LogP contribution in [0, 0.1) is 5.82 Å². The minimum absolute atomic E-state index is 0.0922. The first-order valence-electron chi connectivity index (χ1n) is 9.97. The molecule has 1 N–H and O–H groups in total. The van der Waals surface area contributed by atoms with Crippen LogP contribution in [-0.4, -0.2) is 40.1 Å². The number of H-pyrrole nitrogens is 1. The number of fused-ring (bicyclic) bond motifs is 1. The summed E-state index contributed by atoms with van der Waals surface area (Å²) >= 11 is 0. The summed E-state index contributed by atoms with van der Waals surface area (Å²) in [7, 11) is 0. The van der Waals surface area contributed by atoms with E-state index in [4.69, 9.17) is 4.74 Å². The molecule has 0 saturated carbocycles. The van der Waals surface area contributed by atoms with Gasteiger partial charge in [-0.2, -0.15) is 0 Å². The van der Waals surface area contributed by atoms with E-state index in [9.17, 15) is 14.0 Å². The fraction of sp³-hybridized carbons (Fsp3) is 0.364. The van der Waals surface area contributed by atoms with Gasteiger partial charge in [-0.05, 0) is 43.5 Å². The standard InChI is InChI=1S/C22H24FN3O3/c23-16-5-3-6-18(15-16)29-14-4-9-21(27)25-12-10-17(11-13-25)26-20-8-2-1-7-19(20)24-22(26)28/h1-3,5-8,15,17H,4,9-14H2,(H,24,28). The second-order valence-corrected chi connectivity index (χ2v) is 7.34. The molecule has 1 aliphatic heterocycles. The monoisotopic (exact) mass is 397 g/mol. The molecule has 2 heterocycles. The van der Waals surface area contributed by atoms with Crippen LogP contribution in [0.2, 0.25) is 0 Å². The number of hydrogen-bond donors (Lipinski definition) is 1. The average molecular weight is 397 g/mol. The zero-order valence-electron chi connectivity index (χ0n) is 16.1. The van der Waals surface area contributed by atoms with E-state index in [-0.39, 0.29) is 23.5 Å². The Morgan fingerprint density at radius 3 is 2.72 bits per heavy atom. The van der Waals surface area contributed by atoms with Gasteiger partial charge in [-0.1, -0.05) is 18.2 Å². The molecule has 0 bridgehead atoms. The number of carbonyl (C=O) groups excluding carboxylic acids is 1. The van der Waals surface area contributed by atoms with E-state index >= 15 is 0 Å². The molecule has 7 heteroatoms. The number of imidazole rings is 1. The number of rotatable bonds is 6. The molecule has 29 heavy (non-hydrogen) atoms. The number of aromatic amines is 1. The molecular weight excluding hydrogens is 373 g/mol. The third kappa shape index (κ3) is 4.34. The highest BCUT2D eigenvalue weighted by Crippen LogP contribution is 2.25. The summed E-state index contributed by atoms with van der Waals surface area (Å²) in [5, 5.41) is 0. The van der Waals surface area contributed by atoms with Gasteiger partial charge in [-0.25, -0.2) is 9.18 Å². The molecule has 3 aromatic rings. The van der Waals surface area contributed by atoms with Crippen molar-refractivity contribution in [3.63, 3.8) is 0 Å². The van der Waals surface area contributed by atoms with Crippen LogP contribution >= 0.6 is 0 Å². The molecule has 0 atom stereocenters. The Hall–Kier alpha value is -3.09. The van der Waals surface area contributed by atoms with E-state index in [0.29, 0.717) is 38.3 Å². The second kappa shape index (κ2) is 8.51. The Morgan fingerprint density at radius 2 is 1.93 bits per heavy atom. The van der Waals surface area contributed by atoms with Crippen LogP contribution in [0.5, 0.6) is 5.75 Å². The zero-order chi connectivity index (χ0) is 20.2.